The largest absolute Gasteiger partial charge is 0.286 e. The average molecular weight is 484 g/mol. The van der Waals surface area contributed by atoms with Gasteiger partial charge in [-0.3, -0.25) is 10.2 Å². The standard InChI is InChI=1S/C30H27F2N3O/c1-3-24-28(34)35(2)36-30(24)25-12-20(19-6-4-5-18(11-19)17-33)7-8-22(25)15-29(30)10-9-21-13-26(31)27(32)14-23(21)16-29/h4-8,11-14,24,34H,3,9-10,15-16H2,1-2H3. The first-order chi connectivity index (χ1) is 17.3. The molecule has 1 N–H and O–H groups in total. The predicted molar refractivity (Wildman–Crippen MR) is 133 cm³/mol. The van der Waals surface area contributed by atoms with E-state index in [0.29, 0.717) is 24.2 Å². The van der Waals surface area contributed by atoms with Crippen molar-refractivity contribution in [3.05, 3.63) is 94.0 Å². The van der Waals surface area contributed by atoms with Crippen LogP contribution in [0.3, 0.4) is 0 Å². The Kier molecular flexibility index (Phi) is 5.07. The first-order valence-corrected chi connectivity index (χ1v) is 12.4. The number of nitriles is 1. The summed E-state index contributed by atoms with van der Waals surface area (Å²) in [5, 5.41) is 19.9. The summed E-state index contributed by atoms with van der Waals surface area (Å²) in [5.41, 5.74) is 5.29. The Labute approximate surface area is 209 Å². The van der Waals surface area contributed by atoms with Crippen LogP contribution >= 0.6 is 0 Å². The second-order valence-electron chi connectivity index (χ2n) is 10.4. The lowest BCUT2D eigenvalue weighted by Gasteiger charge is -2.48. The molecule has 1 aliphatic heterocycles. The van der Waals surface area contributed by atoms with Gasteiger partial charge in [0.2, 0.25) is 0 Å². The Morgan fingerprint density at radius 2 is 1.75 bits per heavy atom. The minimum atomic E-state index is -0.820. The van der Waals surface area contributed by atoms with Crippen molar-refractivity contribution >= 4 is 5.84 Å². The van der Waals surface area contributed by atoms with Gasteiger partial charge in [0, 0.05) is 12.5 Å². The Morgan fingerprint density at radius 1 is 1.03 bits per heavy atom. The van der Waals surface area contributed by atoms with Gasteiger partial charge >= 0.3 is 0 Å². The molecule has 0 bridgehead atoms. The fourth-order valence-corrected chi connectivity index (χ4v) is 7.05. The van der Waals surface area contributed by atoms with Gasteiger partial charge in [0.1, 0.15) is 11.4 Å². The van der Waals surface area contributed by atoms with E-state index < -0.39 is 22.7 Å². The Hall–Kier alpha value is -3.56. The van der Waals surface area contributed by atoms with E-state index in [1.807, 2.05) is 18.2 Å². The zero-order valence-electron chi connectivity index (χ0n) is 20.4. The van der Waals surface area contributed by atoms with E-state index in [1.165, 1.54) is 17.7 Å². The smallest absolute Gasteiger partial charge is 0.159 e. The van der Waals surface area contributed by atoms with Crippen LogP contribution in [-0.4, -0.2) is 17.9 Å². The molecule has 1 saturated heterocycles. The van der Waals surface area contributed by atoms with Crippen LogP contribution < -0.4 is 0 Å². The first-order valence-electron chi connectivity index (χ1n) is 12.4. The van der Waals surface area contributed by atoms with Crippen LogP contribution in [0.5, 0.6) is 0 Å². The molecule has 0 amide bonds. The van der Waals surface area contributed by atoms with Crippen LogP contribution in [0.4, 0.5) is 8.78 Å². The maximum atomic E-state index is 14.3. The van der Waals surface area contributed by atoms with E-state index in [2.05, 4.69) is 31.2 Å². The highest BCUT2D eigenvalue weighted by Crippen LogP contribution is 2.65. The monoisotopic (exact) mass is 483 g/mol. The van der Waals surface area contributed by atoms with Gasteiger partial charge in [-0.05, 0) is 95.8 Å². The van der Waals surface area contributed by atoms with Crippen molar-refractivity contribution in [2.45, 2.75) is 44.6 Å². The molecule has 182 valence electrons. The topological polar surface area (TPSA) is 60.1 Å². The number of hydrogen-bond acceptors (Lipinski definition) is 3. The zero-order valence-corrected chi connectivity index (χ0v) is 20.4. The van der Waals surface area contributed by atoms with Crippen LogP contribution in [-0.2, 0) is 29.7 Å². The number of aryl methyl sites for hydroxylation is 1. The van der Waals surface area contributed by atoms with E-state index in [-0.39, 0.29) is 5.92 Å². The quantitative estimate of drug-likeness (QED) is 0.465. The molecule has 4 nitrogen and oxygen atoms in total. The van der Waals surface area contributed by atoms with Crippen molar-refractivity contribution in [1.82, 2.24) is 5.06 Å². The van der Waals surface area contributed by atoms with Crippen molar-refractivity contribution in [2.24, 2.45) is 11.3 Å². The second kappa shape index (κ2) is 7.97. The third-order valence-electron chi connectivity index (χ3n) is 8.65. The summed E-state index contributed by atoms with van der Waals surface area (Å²) in [6, 6.07) is 18.8. The van der Waals surface area contributed by atoms with Crippen LogP contribution in [0.2, 0.25) is 0 Å². The number of halogens is 2. The van der Waals surface area contributed by atoms with Crippen molar-refractivity contribution in [2.75, 3.05) is 7.05 Å². The molecule has 6 rings (SSSR count). The SMILES string of the molecule is CCC1C(=N)N(C)OC12c1cc(-c3cccc(C#N)c3)ccc1CC21CCc2cc(F)c(F)cc2C1. The number of fused-ring (bicyclic) bond motifs is 4. The van der Waals surface area contributed by atoms with Gasteiger partial charge < -0.3 is 0 Å². The van der Waals surface area contributed by atoms with Crippen molar-refractivity contribution in [3.8, 4) is 17.2 Å². The maximum Gasteiger partial charge on any atom is 0.159 e. The molecule has 3 aliphatic rings. The van der Waals surface area contributed by atoms with Crippen LogP contribution in [0.25, 0.3) is 11.1 Å². The molecule has 3 aromatic rings. The molecule has 3 atom stereocenters. The van der Waals surface area contributed by atoms with E-state index >= 15 is 0 Å². The van der Waals surface area contributed by atoms with Crippen molar-refractivity contribution in [1.29, 1.82) is 10.7 Å². The minimum absolute atomic E-state index is 0.170. The second-order valence-corrected chi connectivity index (χ2v) is 10.4. The maximum absolute atomic E-state index is 14.3. The fourth-order valence-electron chi connectivity index (χ4n) is 7.05. The van der Waals surface area contributed by atoms with E-state index in [9.17, 15) is 14.0 Å². The summed E-state index contributed by atoms with van der Waals surface area (Å²) in [5.74, 6) is -1.35. The van der Waals surface area contributed by atoms with E-state index in [4.69, 9.17) is 10.2 Å². The molecule has 3 aromatic carbocycles. The predicted octanol–water partition coefficient (Wildman–Crippen LogP) is 6.31. The third-order valence-corrected chi connectivity index (χ3v) is 8.65. The minimum Gasteiger partial charge on any atom is -0.286 e. The highest BCUT2D eigenvalue weighted by molar-refractivity contribution is 5.85. The van der Waals surface area contributed by atoms with Gasteiger partial charge in [-0.2, -0.15) is 5.26 Å². The van der Waals surface area contributed by atoms with Gasteiger partial charge in [-0.1, -0.05) is 31.2 Å². The summed E-state index contributed by atoms with van der Waals surface area (Å²) in [6.45, 7) is 2.08. The fraction of sp³-hybridized carbons (Fsp3) is 0.333. The van der Waals surface area contributed by atoms with Crippen LogP contribution in [0.1, 0.15) is 47.6 Å². The normalized spacial score (nSPS) is 26.4. The van der Waals surface area contributed by atoms with E-state index in [0.717, 1.165) is 47.1 Å². The lowest BCUT2D eigenvalue weighted by Crippen LogP contribution is -2.51. The Bertz CT molecular complexity index is 1460. The number of benzene rings is 3. The van der Waals surface area contributed by atoms with Gasteiger partial charge in [-0.15, -0.1) is 0 Å². The van der Waals surface area contributed by atoms with Crippen LogP contribution in [0.15, 0.2) is 54.6 Å². The molecule has 2 aliphatic carbocycles. The average Bonchev–Trinajstić information content (AvgIpc) is 3.29. The molecule has 0 saturated carbocycles. The molecular formula is C30H27F2N3O. The van der Waals surface area contributed by atoms with Gasteiger partial charge in [-0.25, -0.2) is 13.8 Å². The summed E-state index contributed by atoms with van der Waals surface area (Å²) >= 11 is 0. The Balaban J connectivity index is 1.55. The summed E-state index contributed by atoms with van der Waals surface area (Å²) in [6.07, 6.45) is 3.43. The summed E-state index contributed by atoms with van der Waals surface area (Å²) < 4.78 is 28.3. The summed E-state index contributed by atoms with van der Waals surface area (Å²) in [7, 11) is 1.79. The lowest BCUT2D eigenvalue weighted by molar-refractivity contribution is -0.230. The number of nitrogens with one attached hydrogen (secondary N) is 1. The molecular weight excluding hydrogens is 456 g/mol. The van der Waals surface area contributed by atoms with Gasteiger partial charge in [0.25, 0.3) is 0 Å². The summed E-state index contributed by atoms with van der Waals surface area (Å²) in [4.78, 5) is 6.74. The molecule has 36 heavy (non-hydrogen) atoms. The number of amidine groups is 1. The number of rotatable bonds is 2. The Morgan fingerprint density at radius 3 is 2.50 bits per heavy atom. The lowest BCUT2D eigenvalue weighted by atomic mass is 9.58. The van der Waals surface area contributed by atoms with E-state index in [1.54, 1.807) is 18.2 Å². The molecule has 2 spiro atoms. The first kappa shape index (κ1) is 22.9. The van der Waals surface area contributed by atoms with Crippen molar-refractivity contribution < 1.29 is 13.6 Å². The number of hydrogen-bond donors (Lipinski definition) is 1. The molecule has 3 unspecified atom stereocenters. The molecule has 6 heteroatoms. The third kappa shape index (κ3) is 3.02. The highest BCUT2D eigenvalue weighted by atomic mass is 19.2. The molecule has 0 aromatic heterocycles. The van der Waals surface area contributed by atoms with Crippen LogP contribution in [0, 0.1) is 39.7 Å². The van der Waals surface area contributed by atoms with Gasteiger partial charge in [0.15, 0.2) is 11.6 Å². The molecule has 1 heterocycles. The zero-order chi connectivity index (χ0) is 25.2. The van der Waals surface area contributed by atoms with Crippen molar-refractivity contribution in [3.63, 3.8) is 0 Å². The number of hydroxylamine groups is 2. The molecule has 0 radical (unpaired) electrons. The van der Waals surface area contributed by atoms with Gasteiger partial charge in [0.05, 0.1) is 17.6 Å². The number of nitrogens with zero attached hydrogens (tertiary/aromatic N) is 2. The highest BCUT2D eigenvalue weighted by Gasteiger charge is 2.67. The molecule has 1 fully saturated rings.